The average molecular weight is 405 g/mol. The Morgan fingerprint density at radius 1 is 1.17 bits per heavy atom. The standard InChI is InChI=1S/C24H36O5/c1-14(25)29-19-12-23(5)21(2,3)18(26)9-10-22(23,4)17-8-7-15-13-28-20(27)11-16(15)24(17,19)6/h11,15,17-19,26H,7-10,12-13H2,1-6H3/t15?,17?,18-,19?,22+,23?,24-/m0/s1. The van der Waals surface area contributed by atoms with E-state index in [4.69, 9.17) is 9.47 Å². The zero-order valence-electron chi connectivity index (χ0n) is 18.7. The van der Waals surface area contributed by atoms with Gasteiger partial charge in [-0.15, -0.1) is 0 Å². The van der Waals surface area contributed by atoms with Crippen LogP contribution in [-0.2, 0) is 19.1 Å². The molecule has 4 rings (SSSR count). The maximum absolute atomic E-state index is 12.2. The molecule has 3 saturated carbocycles. The third-order valence-electron chi connectivity index (χ3n) is 10.1. The van der Waals surface area contributed by atoms with Crippen molar-refractivity contribution in [3.05, 3.63) is 11.6 Å². The van der Waals surface area contributed by atoms with Gasteiger partial charge in [0.2, 0.25) is 0 Å². The summed E-state index contributed by atoms with van der Waals surface area (Å²) in [6, 6.07) is 0. The lowest BCUT2D eigenvalue weighted by Crippen LogP contribution is -2.70. The van der Waals surface area contributed by atoms with Gasteiger partial charge in [0.05, 0.1) is 12.7 Å². The molecule has 1 aliphatic heterocycles. The van der Waals surface area contributed by atoms with Crippen molar-refractivity contribution in [1.82, 2.24) is 0 Å². The molecule has 4 unspecified atom stereocenters. The van der Waals surface area contributed by atoms with Crippen LogP contribution >= 0.6 is 0 Å². The third kappa shape index (κ3) is 2.55. The highest BCUT2D eigenvalue weighted by Gasteiger charge is 2.71. The van der Waals surface area contributed by atoms with Crippen molar-refractivity contribution in [3.63, 3.8) is 0 Å². The summed E-state index contributed by atoms with van der Waals surface area (Å²) in [5.41, 5.74) is 0.221. The van der Waals surface area contributed by atoms with Crippen LogP contribution in [0.3, 0.4) is 0 Å². The molecule has 1 heterocycles. The van der Waals surface area contributed by atoms with E-state index in [2.05, 4.69) is 34.6 Å². The SMILES string of the molecule is CC(=O)OC1CC2(C)C(C)(C)[C@@H](O)CC[C@]2(C)C2CCC3COC(=O)C=C3[C@]12C. The molecule has 0 radical (unpaired) electrons. The normalized spacial score (nSPS) is 48.4. The van der Waals surface area contributed by atoms with Crippen LogP contribution in [-0.4, -0.2) is 35.9 Å². The Hall–Kier alpha value is -1.36. The lowest BCUT2D eigenvalue weighted by atomic mass is 9.33. The van der Waals surface area contributed by atoms with E-state index in [0.29, 0.717) is 13.0 Å². The fourth-order valence-electron chi connectivity index (χ4n) is 7.83. The molecule has 5 nitrogen and oxygen atoms in total. The Bertz CT molecular complexity index is 769. The van der Waals surface area contributed by atoms with E-state index in [-0.39, 0.29) is 57.6 Å². The third-order valence-corrected chi connectivity index (χ3v) is 10.1. The van der Waals surface area contributed by atoms with Crippen molar-refractivity contribution < 1.29 is 24.2 Å². The van der Waals surface area contributed by atoms with E-state index in [9.17, 15) is 14.7 Å². The number of cyclic esters (lactones) is 1. The van der Waals surface area contributed by atoms with Gasteiger partial charge in [0.1, 0.15) is 6.10 Å². The van der Waals surface area contributed by atoms with Crippen molar-refractivity contribution in [2.45, 2.75) is 85.9 Å². The Balaban J connectivity index is 1.90. The van der Waals surface area contributed by atoms with Crippen LogP contribution in [0.1, 0.15) is 73.6 Å². The smallest absolute Gasteiger partial charge is 0.330 e. The van der Waals surface area contributed by atoms with Gasteiger partial charge in [0.15, 0.2) is 0 Å². The maximum Gasteiger partial charge on any atom is 0.330 e. The first kappa shape index (κ1) is 20.9. The Kier molecular flexibility index (Phi) is 4.55. The van der Waals surface area contributed by atoms with Crippen molar-refractivity contribution in [1.29, 1.82) is 0 Å². The number of aliphatic hydroxyl groups is 1. The first-order valence-electron chi connectivity index (χ1n) is 11.1. The van der Waals surface area contributed by atoms with Crippen LogP contribution in [0.2, 0.25) is 0 Å². The summed E-state index contributed by atoms with van der Waals surface area (Å²) in [4.78, 5) is 24.3. The highest BCUT2D eigenvalue weighted by Crippen LogP contribution is 2.74. The molecule has 7 atom stereocenters. The molecular formula is C24H36O5. The first-order chi connectivity index (χ1) is 13.4. The van der Waals surface area contributed by atoms with Gasteiger partial charge in [-0.25, -0.2) is 4.79 Å². The largest absolute Gasteiger partial charge is 0.462 e. The van der Waals surface area contributed by atoms with Crippen molar-refractivity contribution in [2.24, 2.45) is 33.5 Å². The fraction of sp³-hybridized carbons (Fsp3) is 0.833. The van der Waals surface area contributed by atoms with Crippen LogP contribution < -0.4 is 0 Å². The van der Waals surface area contributed by atoms with Gasteiger partial charge in [-0.05, 0) is 59.8 Å². The molecule has 29 heavy (non-hydrogen) atoms. The number of carbonyl (C=O) groups is 2. The number of fused-ring (bicyclic) bond motifs is 5. The molecule has 3 fully saturated rings. The molecule has 0 amide bonds. The molecule has 0 saturated heterocycles. The predicted octanol–water partition coefficient (Wildman–Crippen LogP) is 4.03. The molecule has 0 aromatic heterocycles. The van der Waals surface area contributed by atoms with Crippen LogP contribution in [0.15, 0.2) is 11.6 Å². The summed E-state index contributed by atoms with van der Waals surface area (Å²) in [5, 5.41) is 10.9. The van der Waals surface area contributed by atoms with Crippen LogP contribution in [0.5, 0.6) is 0 Å². The number of esters is 2. The molecule has 5 heteroatoms. The summed E-state index contributed by atoms with van der Waals surface area (Å²) < 4.78 is 11.4. The molecule has 1 N–H and O–H groups in total. The molecule has 3 aliphatic carbocycles. The zero-order valence-corrected chi connectivity index (χ0v) is 18.7. The average Bonchev–Trinajstić information content (AvgIpc) is 2.63. The number of carbonyl (C=O) groups excluding carboxylic acids is 2. The molecule has 0 aromatic carbocycles. The first-order valence-corrected chi connectivity index (χ1v) is 11.1. The van der Waals surface area contributed by atoms with E-state index >= 15 is 0 Å². The van der Waals surface area contributed by atoms with Crippen LogP contribution in [0.4, 0.5) is 0 Å². The van der Waals surface area contributed by atoms with Gasteiger partial charge in [-0.2, -0.15) is 0 Å². The monoisotopic (exact) mass is 404 g/mol. The number of rotatable bonds is 1. The molecule has 0 spiro atoms. The minimum Gasteiger partial charge on any atom is -0.462 e. The van der Waals surface area contributed by atoms with E-state index in [1.807, 2.05) is 0 Å². The van der Waals surface area contributed by atoms with E-state index in [0.717, 1.165) is 31.3 Å². The van der Waals surface area contributed by atoms with Gasteiger partial charge >= 0.3 is 11.9 Å². The second kappa shape index (κ2) is 6.32. The minimum absolute atomic E-state index is 0.0196. The van der Waals surface area contributed by atoms with Crippen molar-refractivity contribution in [3.8, 4) is 0 Å². The van der Waals surface area contributed by atoms with E-state index in [1.165, 1.54) is 6.92 Å². The topological polar surface area (TPSA) is 72.8 Å². The second-order valence-electron chi connectivity index (χ2n) is 11.2. The predicted molar refractivity (Wildman–Crippen MR) is 109 cm³/mol. The number of ether oxygens (including phenoxy) is 2. The number of aliphatic hydroxyl groups excluding tert-OH is 1. The second-order valence-corrected chi connectivity index (χ2v) is 11.2. The molecule has 162 valence electrons. The molecule has 4 aliphatic rings. The summed E-state index contributed by atoms with van der Waals surface area (Å²) in [5.74, 6) is -0.0736. The summed E-state index contributed by atoms with van der Waals surface area (Å²) in [7, 11) is 0. The van der Waals surface area contributed by atoms with E-state index in [1.54, 1.807) is 6.08 Å². The Morgan fingerprint density at radius 3 is 2.52 bits per heavy atom. The maximum atomic E-state index is 12.2. The highest BCUT2D eigenvalue weighted by atomic mass is 16.5. The van der Waals surface area contributed by atoms with Gasteiger partial charge in [0, 0.05) is 24.3 Å². The number of hydrogen-bond acceptors (Lipinski definition) is 5. The van der Waals surface area contributed by atoms with Crippen LogP contribution in [0, 0.1) is 33.5 Å². The quantitative estimate of drug-likeness (QED) is 0.668. The zero-order chi connectivity index (χ0) is 21.4. The molecular weight excluding hydrogens is 368 g/mol. The molecule has 0 bridgehead atoms. The summed E-state index contributed by atoms with van der Waals surface area (Å²) in [6.45, 7) is 13.1. The highest BCUT2D eigenvalue weighted by molar-refractivity contribution is 5.84. The minimum atomic E-state index is -0.388. The number of hydrogen-bond donors (Lipinski definition) is 1. The van der Waals surface area contributed by atoms with E-state index < -0.39 is 0 Å². The van der Waals surface area contributed by atoms with Gasteiger partial charge in [0.25, 0.3) is 0 Å². The lowest BCUT2D eigenvalue weighted by Gasteiger charge is -2.72. The Morgan fingerprint density at radius 2 is 1.86 bits per heavy atom. The summed E-state index contributed by atoms with van der Waals surface area (Å²) in [6.07, 6.45) is 5.44. The Labute approximate surface area is 174 Å². The van der Waals surface area contributed by atoms with Crippen LogP contribution in [0.25, 0.3) is 0 Å². The van der Waals surface area contributed by atoms with Gasteiger partial charge in [-0.3, -0.25) is 4.79 Å². The van der Waals surface area contributed by atoms with Gasteiger partial charge < -0.3 is 14.6 Å². The van der Waals surface area contributed by atoms with Gasteiger partial charge in [-0.1, -0.05) is 34.6 Å². The van der Waals surface area contributed by atoms with Crippen molar-refractivity contribution >= 4 is 11.9 Å². The molecule has 0 aromatic rings. The fourth-order valence-corrected chi connectivity index (χ4v) is 7.83. The summed E-state index contributed by atoms with van der Waals surface area (Å²) >= 11 is 0. The lowest BCUT2D eigenvalue weighted by molar-refractivity contribution is -0.262. The van der Waals surface area contributed by atoms with Crippen molar-refractivity contribution in [2.75, 3.05) is 6.61 Å².